The van der Waals surface area contributed by atoms with Gasteiger partial charge in [0.2, 0.25) is 17.9 Å². The molecule has 0 saturated heterocycles. The predicted molar refractivity (Wildman–Crippen MR) is 224 cm³/mol. The second kappa shape index (κ2) is 18.7. The average molecular weight is 812 g/mol. The third-order valence-corrected chi connectivity index (χ3v) is 12.1. The van der Waals surface area contributed by atoms with Crippen molar-refractivity contribution in [3.05, 3.63) is 70.7 Å². The molecule has 0 heterocycles. The molecule has 0 aliphatic rings. The van der Waals surface area contributed by atoms with Gasteiger partial charge in [0.15, 0.2) is 15.6 Å². The third-order valence-electron chi connectivity index (χ3n) is 10.0. The van der Waals surface area contributed by atoms with Crippen molar-refractivity contribution in [3.8, 4) is 11.5 Å². The van der Waals surface area contributed by atoms with Crippen LogP contribution in [0.4, 0.5) is 17.1 Å². The molecule has 0 aromatic heterocycles. The number of nitrogens with one attached hydrogen (secondary N) is 3. The van der Waals surface area contributed by atoms with Crippen LogP contribution in [-0.4, -0.2) is 50.4 Å². The molecule has 1 atom stereocenters. The van der Waals surface area contributed by atoms with Crippen molar-refractivity contribution in [3.63, 3.8) is 0 Å². The molecule has 0 aliphatic carbocycles. The van der Waals surface area contributed by atoms with E-state index >= 15 is 0 Å². The van der Waals surface area contributed by atoms with Gasteiger partial charge in [-0.05, 0) is 85.0 Å². The molecule has 1 unspecified atom stereocenters. The number of Topliss-reactive ketones (excluding diaryl/α,β-unsaturated/α-hetero) is 1. The van der Waals surface area contributed by atoms with E-state index in [0.717, 1.165) is 31.1 Å². The summed E-state index contributed by atoms with van der Waals surface area (Å²) in [6, 6.07) is 14.7. The summed E-state index contributed by atoms with van der Waals surface area (Å²) in [7, 11) is -3.66. The lowest BCUT2D eigenvalue weighted by Gasteiger charge is -2.30. The Balaban J connectivity index is 1.72. The fraction of sp³-hybridized carbons (Fsp3) is 0.488. The Morgan fingerprint density at radius 3 is 2.00 bits per heavy atom. The molecule has 3 aromatic carbocycles. The number of amides is 3. The van der Waals surface area contributed by atoms with E-state index in [1.54, 1.807) is 26.8 Å². The van der Waals surface area contributed by atoms with Crippen molar-refractivity contribution in [1.82, 2.24) is 0 Å². The smallest absolute Gasteiger partial charge is 0.273 e. The van der Waals surface area contributed by atoms with Crippen LogP contribution in [0.15, 0.2) is 59.5 Å². The molecule has 0 bridgehead atoms. The maximum atomic E-state index is 13.5. The highest BCUT2D eigenvalue weighted by atomic mass is 35.5. The van der Waals surface area contributed by atoms with Gasteiger partial charge in [0.25, 0.3) is 5.91 Å². The van der Waals surface area contributed by atoms with E-state index in [-0.39, 0.29) is 56.0 Å². The van der Waals surface area contributed by atoms with Crippen LogP contribution < -0.4 is 25.4 Å². The lowest BCUT2D eigenvalue weighted by molar-refractivity contribution is -0.133. The molecular formula is C43H58ClN3O8S. The Morgan fingerprint density at radius 2 is 1.41 bits per heavy atom. The van der Waals surface area contributed by atoms with E-state index in [1.807, 2.05) is 6.07 Å². The summed E-state index contributed by atoms with van der Waals surface area (Å²) >= 11 is 6.40. The number of rotatable bonds is 18. The first kappa shape index (κ1) is 46.0. The van der Waals surface area contributed by atoms with E-state index in [9.17, 15) is 27.6 Å². The molecule has 306 valence electrons. The molecule has 0 radical (unpaired) electrons. The summed E-state index contributed by atoms with van der Waals surface area (Å²) < 4.78 is 37.3. The fourth-order valence-corrected chi connectivity index (χ4v) is 6.43. The number of carbonyl (C=O) groups is 4. The first-order valence-corrected chi connectivity index (χ1v) is 21.0. The van der Waals surface area contributed by atoms with Gasteiger partial charge in [-0.3, -0.25) is 19.2 Å². The van der Waals surface area contributed by atoms with Gasteiger partial charge < -0.3 is 25.4 Å². The van der Waals surface area contributed by atoms with Crippen LogP contribution >= 0.6 is 11.6 Å². The van der Waals surface area contributed by atoms with E-state index in [0.29, 0.717) is 18.7 Å². The quantitative estimate of drug-likeness (QED) is 0.0848. The molecule has 0 aliphatic heterocycles. The number of anilines is 3. The van der Waals surface area contributed by atoms with Crippen molar-refractivity contribution in [2.45, 2.75) is 124 Å². The third kappa shape index (κ3) is 12.0. The molecule has 0 spiro atoms. The Kier molecular flexibility index (Phi) is 15.3. The Bertz CT molecular complexity index is 2040. The second-order valence-electron chi connectivity index (χ2n) is 16.2. The Labute approximate surface area is 337 Å². The maximum Gasteiger partial charge on any atom is 0.273 e. The number of benzene rings is 3. The van der Waals surface area contributed by atoms with Crippen molar-refractivity contribution in [1.29, 1.82) is 0 Å². The van der Waals surface area contributed by atoms with Crippen molar-refractivity contribution in [2.24, 2.45) is 5.41 Å². The highest BCUT2D eigenvalue weighted by Gasteiger charge is 2.30. The summed E-state index contributed by atoms with van der Waals surface area (Å²) in [4.78, 5) is 52.0. The molecular weight excluding hydrogens is 754 g/mol. The number of sulfone groups is 1. The number of hydrogen-bond donors (Lipinski definition) is 3. The number of hydrogen-bond acceptors (Lipinski definition) is 8. The van der Waals surface area contributed by atoms with Crippen LogP contribution in [0.25, 0.3) is 0 Å². The summed E-state index contributed by atoms with van der Waals surface area (Å²) in [5, 5.41) is 8.21. The van der Waals surface area contributed by atoms with Gasteiger partial charge in [-0.25, -0.2) is 8.42 Å². The molecule has 0 saturated carbocycles. The maximum absolute atomic E-state index is 13.5. The van der Waals surface area contributed by atoms with Crippen LogP contribution in [0.1, 0.15) is 113 Å². The summed E-state index contributed by atoms with van der Waals surface area (Å²) in [5.74, 6) is -1.73. The molecule has 3 rings (SSSR count). The normalized spacial score (nSPS) is 12.7. The van der Waals surface area contributed by atoms with Crippen molar-refractivity contribution < 1.29 is 37.1 Å². The van der Waals surface area contributed by atoms with E-state index < -0.39 is 39.0 Å². The summed E-state index contributed by atoms with van der Waals surface area (Å²) in [6.07, 6.45) is 0.867. The minimum atomic E-state index is -3.66. The molecule has 3 amide bonds. The van der Waals surface area contributed by atoms with Gasteiger partial charge in [-0.15, -0.1) is 0 Å². The van der Waals surface area contributed by atoms with Crippen LogP contribution in [0, 0.1) is 5.41 Å². The lowest BCUT2D eigenvalue weighted by Crippen LogP contribution is -2.39. The van der Waals surface area contributed by atoms with Gasteiger partial charge in [0, 0.05) is 23.1 Å². The number of carbonyl (C=O) groups excluding carboxylic acids is 4. The molecule has 56 heavy (non-hydrogen) atoms. The first-order chi connectivity index (χ1) is 25.9. The molecule has 3 N–H and O–H groups in total. The molecule has 0 fully saturated rings. The second-order valence-corrected chi connectivity index (χ2v) is 18.9. The van der Waals surface area contributed by atoms with Crippen molar-refractivity contribution >= 4 is 62.0 Å². The Morgan fingerprint density at radius 1 is 0.768 bits per heavy atom. The largest absolute Gasteiger partial charge is 0.493 e. The molecule has 13 heteroatoms. The number of halogens is 1. The fourth-order valence-electron chi connectivity index (χ4n) is 5.36. The monoisotopic (exact) mass is 811 g/mol. The average Bonchev–Trinajstić information content (AvgIpc) is 3.13. The van der Waals surface area contributed by atoms with Crippen LogP contribution in [0.3, 0.4) is 0 Å². The van der Waals surface area contributed by atoms with E-state index in [4.69, 9.17) is 21.1 Å². The number of ketones is 1. The molecule has 11 nitrogen and oxygen atoms in total. The lowest BCUT2D eigenvalue weighted by atomic mass is 9.76. The van der Waals surface area contributed by atoms with Gasteiger partial charge in [0.05, 0.1) is 33.7 Å². The highest BCUT2D eigenvalue weighted by molar-refractivity contribution is 7.91. The zero-order valence-corrected chi connectivity index (χ0v) is 36.1. The number of ether oxygens (including phenoxy) is 2. The minimum Gasteiger partial charge on any atom is -0.493 e. The predicted octanol–water partition coefficient (Wildman–Crippen LogP) is 9.27. The first-order valence-electron chi connectivity index (χ1n) is 19.0. The summed E-state index contributed by atoms with van der Waals surface area (Å²) in [5.41, 5.74) is 1.94. The Hall–Kier alpha value is -4.42. The minimum absolute atomic E-state index is 0.0224. The zero-order valence-electron chi connectivity index (χ0n) is 34.6. The van der Waals surface area contributed by atoms with Crippen LogP contribution in [-0.2, 0) is 39.8 Å². The van der Waals surface area contributed by atoms with Crippen LogP contribution in [0.5, 0.6) is 11.5 Å². The molecule has 3 aromatic rings. The SMILES string of the molecule is CCC(C)(C)c1ccc(OCCCC(=O)Nc2ccc(Cl)c(NC(=O)C(Oc3ccc(S(=O)(=O)CC)cc3NC(=O)C(C)(C)C)C(C)=O)c2)c(C(C)(C)CC)c1. The van der Waals surface area contributed by atoms with Gasteiger partial charge in [-0.2, -0.15) is 0 Å². The van der Waals surface area contributed by atoms with Gasteiger partial charge in [0.1, 0.15) is 11.5 Å². The topological polar surface area (TPSA) is 157 Å². The van der Waals surface area contributed by atoms with Crippen LogP contribution in [0.2, 0.25) is 5.02 Å². The highest BCUT2D eigenvalue weighted by Crippen LogP contribution is 2.39. The van der Waals surface area contributed by atoms with Crippen molar-refractivity contribution in [2.75, 3.05) is 28.3 Å². The van der Waals surface area contributed by atoms with Gasteiger partial charge >= 0.3 is 0 Å². The van der Waals surface area contributed by atoms with E-state index in [1.165, 1.54) is 42.8 Å². The standard InChI is InChI=1S/C43H58ClN3O8S/c1-12-42(8,9)28-17-21-35(31(24-28)43(10,11)13-2)54-23-15-16-37(49)45-29-18-20-32(44)33(25-29)46-39(50)38(27(4)48)55-36-22-19-30(56(52,53)14-3)26-34(36)47-40(51)41(5,6)7/h17-22,24-26,38H,12-16,23H2,1-11H3,(H,45,49)(H,46,50)(H,47,51). The summed E-state index contributed by atoms with van der Waals surface area (Å²) in [6.45, 7) is 21.2. The van der Waals surface area contributed by atoms with Gasteiger partial charge in [-0.1, -0.05) is 93.0 Å². The zero-order chi connectivity index (χ0) is 42.2. The van der Waals surface area contributed by atoms with E-state index in [2.05, 4.69) is 69.6 Å².